The maximum absolute atomic E-state index is 12.8. The van der Waals surface area contributed by atoms with Crippen molar-refractivity contribution in [1.82, 2.24) is 29.7 Å². The first kappa shape index (κ1) is 20.7. The highest BCUT2D eigenvalue weighted by molar-refractivity contribution is 5.96. The summed E-state index contributed by atoms with van der Waals surface area (Å²) < 4.78 is 7.89. The molecule has 2 fully saturated rings. The van der Waals surface area contributed by atoms with E-state index in [0.717, 1.165) is 30.7 Å². The van der Waals surface area contributed by atoms with Gasteiger partial charge in [-0.25, -0.2) is 9.97 Å². The van der Waals surface area contributed by atoms with Crippen LogP contribution in [0.4, 0.5) is 0 Å². The number of carbonyl (C=O) groups excluding carboxylic acids is 2. The molecule has 2 aromatic rings. The van der Waals surface area contributed by atoms with Crippen LogP contribution in [-0.4, -0.2) is 88.1 Å². The largest absolute Gasteiger partial charge is 0.375 e. The van der Waals surface area contributed by atoms with Gasteiger partial charge in [-0.05, 0) is 26.3 Å². The van der Waals surface area contributed by atoms with Gasteiger partial charge in [-0.3, -0.25) is 14.5 Å². The average molecular weight is 415 g/mol. The molecule has 0 bridgehead atoms. The van der Waals surface area contributed by atoms with E-state index in [1.54, 1.807) is 37.6 Å². The molecule has 1 N–H and O–H groups in total. The quantitative estimate of drug-likeness (QED) is 0.787. The van der Waals surface area contributed by atoms with E-state index in [0.29, 0.717) is 18.6 Å². The molecule has 2 aliphatic heterocycles. The van der Waals surface area contributed by atoms with Crippen molar-refractivity contribution in [3.8, 4) is 0 Å². The molecule has 4 heterocycles. The Kier molecular flexibility index (Phi) is 5.75. The Balaban J connectivity index is 1.36. The molecule has 0 radical (unpaired) electrons. The summed E-state index contributed by atoms with van der Waals surface area (Å²) in [7, 11) is 3.52. The molecule has 9 heteroatoms. The highest BCUT2D eigenvalue weighted by Crippen LogP contribution is 2.25. The summed E-state index contributed by atoms with van der Waals surface area (Å²) in [5.41, 5.74) is 2.03. The Hall–Kier alpha value is -2.52. The number of amides is 2. The molecule has 30 heavy (non-hydrogen) atoms. The second kappa shape index (κ2) is 8.31. The first-order chi connectivity index (χ1) is 14.3. The van der Waals surface area contributed by atoms with Crippen molar-refractivity contribution in [2.45, 2.75) is 50.9 Å². The normalized spacial score (nSPS) is 24.2. The summed E-state index contributed by atoms with van der Waals surface area (Å²) in [4.78, 5) is 37.5. The summed E-state index contributed by atoms with van der Waals surface area (Å²) in [5.74, 6) is -0.0566. The zero-order chi connectivity index (χ0) is 21.4. The Bertz CT molecular complexity index is 940. The van der Waals surface area contributed by atoms with Gasteiger partial charge in [0.25, 0.3) is 5.91 Å². The smallest absolute Gasteiger partial charge is 0.253 e. The molecule has 2 aromatic heterocycles. The van der Waals surface area contributed by atoms with E-state index in [4.69, 9.17) is 4.74 Å². The van der Waals surface area contributed by atoms with E-state index in [9.17, 15) is 9.59 Å². The molecular weight excluding hydrogens is 384 g/mol. The predicted molar refractivity (Wildman–Crippen MR) is 112 cm³/mol. The van der Waals surface area contributed by atoms with Crippen LogP contribution in [0.1, 0.15) is 43.1 Å². The molecule has 2 aliphatic rings. The number of pyridine rings is 1. The van der Waals surface area contributed by atoms with Crippen LogP contribution < -0.4 is 5.32 Å². The Morgan fingerprint density at radius 3 is 2.83 bits per heavy atom. The SMILES string of the molecule is CC(C)n1cnc2cc(C(=O)N[C@@H]3C[C@H]4CO[C@@H](CC(=O)N(C)C)CN4C3)cnc21. The van der Waals surface area contributed by atoms with Crippen LogP contribution in [0.3, 0.4) is 0 Å². The number of hydrogen-bond donors (Lipinski definition) is 1. The van der Waals surface area contributed by atoms with Gasteiger partial charge in [0.2, 0.25) is 5.91 Å². The number of ether oxygens (including phenoxy) is 1. The molecule has 9 nitrogen and oxygen atoms in total. The summed E-state index contributed by atoms with van der Waals surface area (Å²) in [6.07, 6.45) is 4.52. The van der Waals surface area contributed by atoms with Crippen LogP contribution in [0.15, 0.2) is 18.6 Å². The van der Waals surface area contributed by atoms with Gasteiger partial charge in [0, 0.05) is 51.5 Å². The van der Waals surface area contributed by atoms with Gasteiger partial charge in [0.05, 0.1) is 31.0 Å². The number of hydrogen-bond acceptors (Lipinski definition) is 6. The minimum Gasteiger partial charge on any atom is -0.375 e. The number of imidazole rings is 1. The van der Waals surface area contributed by atoms with Crippen LogP contribution in [0.25, 0.3) is 11.2 Å². The topological polar surface area (TPSA) is 92.6 Å². The lowest BCUT2D eigenvalue weighted by Crippen LogP contribution is -2.47. The number of morpholine rings is 1. The lowest BCUT2D eigenvalue weighted by atomic mass is 10.1. The summed E-state index contributed by atoms with van der Waals surface area (Å²) in [6, 6.07) is 2.39. The number of nitrogens with zero attached hydrogens (tertiary/aromatic N) is 5. The summed E-state index contributed by atoms with van der Waals surface area (Å²) in [5, 5.41) is 3.13. The first-order valence-electron chi connectivity index (χ1n) is 10.5. The minimum atomic E-state index is -0.131. The number of carbonyl (C=O) groups is 2. The monoisotopic (exact) mass is 414 g/mol. The molecule has 162 valence electrons. The minimum absolute atomic E-state index is 0.0540. The van der Waals surface area contributed by atoms with E-state index in [2.05, 4.69) is 34.0 Å². The average Bonchev–Trinajstić information content (AvgIpc) is 3.30. The number of nitrogens with one attached hydrogen (secondary N) is 1. The van der Waals surface area contributed by atoms with Gasteiger partial charge in [-0.2, -0.15) is 0 Å². The van der Waals surface area contributed by atoms with Crippen molar-refractivity contribution in [2.75, 3.05) is 33.8 Å². The summed E-state index contributed by atoms with van der Waals surface area (Å²) in [6.45, 7) is 6.23. The molecule has 0 spiro atoms. The van der Waals surface area contributed by atoms with E-state index < -0.39 is 0 Å². The van der Waals surface area contributed by atoms with Gasteiger partial charge in [0.1, 0.15) is 5.52 Å². The fourth-order valence-electron chi connectivity index (χ4n) is 4.24. The van der Waals surface area contributed by atoms with E-state index >= 15 is 0 Å². The Labute approximate surface area is 176 Å². The van der Waals surface area contributed by atoms with E-state index in [-0.39, 0.29) is 36.0 Å². The molecule has 0 saturated carbocycles. The first-order valence-corrected chi connectivity index (χ1v) is 10.5. The second-order valence-electron chi connectivity index (χ2n) is 8.77. The fraction of sp³-hybridized carbons (Fsp3) is 0.619. The van der Waals surface area contributed by atoms with Crippen LogP contribution in [-0.2, 0) is 9.53 Å². The van der Waals surface area contributed by atoms with Crippen LogP contribution in [0.2, 0.25) is 0 Å². The second-order valence-corrected chi connectivity index (χ2v) is 8.77. The van der Waals surface area contributed by atoms with Gasteiger partial charge < -0.3 is 19.5 Å². The number of fused-ring (bicyclic) bond motifs is 2. The molecule has 2 saturated heterocycles. The standard InChI is InChI=1S/C21H30N6O3/c1-13(2)27-12-23-18-5-14(8-22-20(18)27)21(29)24-15-6-16-11-30-17(10-26(16)9-15)7-19(28)25(3)4/h5,8,12-13,15-17H,6-7,9-11H2,1-4H3,(H,24,29)/t15-,16+,17+/m1/s1. The van der Waals surface area contributed by atoms with Crippen LogP contribution in [0.5, 0.6) is 0 Å². The molecule has 3 atom stereocenters. The lowest BCUT2D eigenvalue weighted by molar-refractivity contribution is -0.134. The van der Waals surface area contributed by atoms with E-state index in [1.807, 2.05) is 4.57 Å². The lowest BCUT2D eigenvalue weighted by Gasteiger charge is -2.35. The highest BCUT2D eigenvalue weighted by Gasteiger charge is 2.38. The molecule has 2 amide bonds. The summed E-state index contributed by atoms with van der Waals surface area (Å²) >= 11 is 0. The zero-order valence-electron chi connectivity index (χ0n) is 18.0. The zero-order valence-corrected chi connectivity index (χ0v) is 18.0. The van der Waals surface area contributed by atoms with Crippen molar-refractivity contribution in [2.24, 2.45) is 0 Å². The third-order valence-corrected chi connectivity index (χ3v) is 5.96. The third-order valence-electron chi connectivity index (χ3n) is 5.96. The van der Waals surface area contributed by atoms with Crippen LogP contribution >= 0.6 is 0 Å². The van der Waals surface area contributed by atoms with Gasteiger partial charge in [-0.15, -0.1) is 0 Å². The molecule has 0 aliphatic carbocycles. The maximum Gasteiger partial charge on any atom is 0.253 e. The van der Waals surface area contributed by atoms with Crippen molar-refractivity contribution in [3.63, 3.8) is 0 Å². The predicted octanol–water partition coefficient (Wildman–Crippen LogP) is 1.06. The van der Waals surface area contributed by atoms with Crippen molar-refractivity contribution >= 4 is 23.0 Å². The molecule has 4 rings (SSSR count). The fourth-order valence-corrected chi connectivity index (χ4v) is 4.24. The number of aromatic nitrogens is 3. The molecular formula is C21H30N6O3. The van der Waals surface area contributed by atoms with Crippen molar-refractivity contribution < 1.29 is 14.3 Å². The third kappa shape index (κ3) is 4.17. The van der Waals surface area contributed by atoms with Crippen molar-refractivity contribution in [1.29, 1.82) is 0 Å². The number of rotatable bonds is 5. The van der Waals surface area contributed by atoms with Gasteiger partial charge in [0.15, 0.2) is 5.65 Å². The van der Waals surface area contributed by atoms with Crippen molar-refractivity contribution in [3.05, 3.63) is 24.2 Å². The van der Waals surface area contributed by atoms with Gasteiger partial charge in [-0.1, -0.05) is 0 Å². The van der Waals surface area contributed by atoms with Crippen LogP contribution in [0, 0.1) is 0 Å². The highest BCUT2D eigenvalue weighted by atomic mass is 16.5. The van der Waals surface area contributed by atoms with E-state index in [1.165, 1.54) is 0 Å². The maximum atomic E-state index is 12.8. The van der Waals surface area contributed by atoms with Gasteiger partial charge >= 0.3 is 0 Å². The molecule has 0 aromatic carbocycles. The Morgan fingerprint density at radius 1 is 1.30 bits per heavy atom. The molecule has 0 unspecified atom stereocenters. The Morgan fingerprint density at radius 2 is 2.10 bits per heavy atom.